The molecule has 0 saturated heterocycles. The summed E-state index contributed by atoms with van der Waals surface area (Å²) in [5, 5.41) is 10.6. The number of carbonyl (C=O) groups is 1. The number of rotatable bonds is 2. The minimum absolute atomic E-state index is 0.0209. The van der Waals surface area contributed by atoms with Gasteiger partial charge < -0.3 is 10.5 Å². The van der Waals surface area contributed by atoms with Crippen LogP contribution in [0.3, 0.4) is 0 Å². The van der Waals surface area contributed by atoms with Gasteiger partial charge in [0.15, 0.2) is 0 Å². The van der Waals surface area contributed by atoms with E-state index in [2.05, 4.69) is 20.7 Å². The third-order valence-electron chi connectivity index (χ3n) is 1.72. The number of carbonyl (C=O) groups excluding carboxylic acids is 1. The third kappa shape index (κ3) is 2.24. The fraction of sp³-hybridized carbons (Fsp3) is 0.125. The zero-order chi connectivity index (χ0) is 11.6. The molecular weight excluding hydrogens is 268 g/mol. The predicted octanol–water partition coefficient (Wildman–Crippen LogP) is 1.73. The normalized spacial score (nSPS) is 9.73. The smallest absolute Gasteiger partial charge is 0.340 e. The van der Waals surface area contributed by atoms with Gasteiger partial charge in [-0.2, -0.15) is 0 Å². The molecule has 1 rings (SSSR count). The molecule has 0 aliphatic heterocycles. The van der Waals surface area contributed by atoms with Crippen LogP contribution in [0.4, 0.5) is 11.4 Å². The largest absolute Gasteiger partial charge is 0.465 e. The van der Waals surface area contributed by atoms with Gasteiger partial charge in [0.05, 0.1) is 22.1 Å². The standard InChI is InChI=1S/C8H7BrN2O4/c1-15-8(12)4-2-7(11(13)14)5(9)3-6(4)10/h2-3H,10H2,1H3. The van der Waals surface area contributed by atoms with Gasteiger partial charge in [-0.3, -0.25) is 10.1 Å². The van der Waals surface area contributed by atoms with E-state index < -0.39 is 10.9 Å². The maximum atomic E-state index is 11.2. The Labute approximate surface area is 93.3 Å². The van der Waals surface area contributed by atoms with E-state index in [4.69, 9.17) is 5.73 Å². The number of halogens is 1. The molecule has 2 N–H and O–H groups in total. The number of ether oxygens (including phenoxy) is 1. The number of methoxy groups -OCH3 is 1. The second-order valence-corrected chi connectivity index (χ2v) is 3.49. The van der Waals surface area contributed by atoms with Gasteiger partial charge in [0.1, 0.15) is 0 Å². The molecule has 0 saturated carbocycles. The number of hydrogen-bond donors (Lipinski definition) is 1. The number of nitrogen functional groups attached to an aromatic ring is 1. The molecule has 15 heavy (non-hydrogen) atoms. The highest BCUT2D eigenvalue weighted by molar-refractivity contribution is 9.10. The van der Waals surface area contributed by atoms with Crippen molar-refractivity contribution in [2.24, 2.45) is 0 Å². The van der Waals surface area contributed by atoms with Gasteiger partial charge in [-0.25, -0.2) is 4.79 Å². The summed E-state index contributed by atoms with van der Waals surface area (Å²) in [7, 11) is 1.18. The van der Waals surface area contributed by atoms with Gasteiger partial charge in [0, 0.05) is 11.8 Å². The number of hydrogen-bond acceptors (Lipinski definition) is 5. The summed E-state index contributed by atoms with van der Waals surface area (Å²) < 4.78 is 4.65. The van der Waals surface area contributed by atoms with Crippen LogP contribution in [0.5, 0.6) is 0 Å². The molecule has 0 spiro atoms. The van der Waals surface area contributed by atoms with Crippen LogP contribution >= 0.6 is 15.9 Å². The summed E-state index contributed by atoms with van der Waals surface area (Å²) in [6, 6.07) is 2.37. The Balaban J connectivity index is 3.36. The summed E-state index contributed by atoms with van der Waals surface area (Å²) in [4.78, 5) is 21.1. The van der Waals surface area contributed by atoms with Gasteiger partial charge in [-0.05, 0) is 22.0 Å². The highest BCUT2D eigenvalue weighted by Crippen LogP contribution is 2.30. The molecule has 0 bridgehead atoms. The second kappa shape index (κ2) is 4.26. The minimum atomic E-state index is -0.705. The lowest BCUT2D eigenvalue weighted by molar-refractivity contribution is -0.385. The number of nitrogens with two attached hydrogens (primary N) is 1. The number of anilines is 1. The molecule has 0 fully saturated rings. The highest BCUT2D eigenvalue weighted by atomic mass is 79.9. The molecule has 0 unspecified atom stereocenters. The molecule has 0 aliphatic rings. The van der Waals surface area contributed by atoms with Gasteiger partial charge in [0.25, 0.3) is 5.69 Å². The quantitative estimate of drug-likeness (QED) is 0.383. The van der Waals surface area contributed by atoms with Gasteiger partial charge in [-0.1, -0.05) is 0 Å². The highest BCUT2D eigenvalue weighted by Gasteiger charge is 2.19. The first kappa shape index (κ1) is 11.4. The van der Waals surface area contributed by atoms with Gasteiger partial charge in [0.2, 0.25) is 0 Å². The van der Waals surface area contributed by atoms with Crippen molar-refractivity contribution in [2.75, 3.05) is 12.8 Å². The second-order valence-electron chi connectivity index (χ2n) is 2.64. The van der Waals surface area contributed by atoms with E-state index in [1.807, 2.05) is 0 Å². The third-order valence-corrected chi connectivity index (χ3v) is 2.36. The van der Waals surface area contributed by atoms with E-state index >= 15 is 0 Å². The van der Waals surface area contributed by atoms with Crippen LogP contribution in [-0.2, 0) is 4.74 Å². The molecule has 0 amide bonds. The van der Waals surface area contributed by atoms with E-state index in [9.17, 15) is 14.9 Å². The molecule has 0 aliphatic carbocycles. The number of esters is 1. The molecule has 80 valence electrons. The van der Waals surface area contributed by atoms with Crippen LogP contribution in [0, 0.1) is 10.1 Å². The van der Waals surface area contributed by atoms with Gasteiger partial charge >= 0.3 is 5.97 Å². The number of nitro groups is 1. The van der Waals surface area contributed by atoms with E-state index in [0.29, 0.717) is 0 Å². The lowest BCUT2D eigenvalue weighted by Gasteiger charge is -2.04. The van der Waals surface area contributed by atoms with Crippen molar-refractivity contribution in [3.63, 3.8) is 0 Å². The summed E-state index contributed by atoms with van der Waals surface area (Å²) in [5.41, 5.74) is 5.39. The Hall–Kier alpha value is -1.63. The fourth-order valence-corrected chi connectivity index (χ4v) is 1.51. The van der Waals surface area contributed by atoms with Crippen LogP contribution in [0.2, 0.25) is 0 Å². The van der Waals surface area contributed by atoms with Crippen molar-refractivity contribution in [3.8, 4) is 0 Å². The minimum Gasteiger partial charge on any atom is -0.465 e. The van der Waals surface area contributed by atoms with E-state index in [1.54, 1.807) is 0 Å². The lowest BCUT2D eigenvalue weighted by Crippen LogP contribution is -2.06. The molecule has 0 heterocycles. The summed E-state index contributed by atoms with van der Waals surface area (Å²) in [5.74, 6) is -0.705. The Kier molecular flexibility index (Phi) is 3.25. The van der Waals surface area contributed by atoms with Crippen molar-refractivity contribution >= 4 is 33.3 Å². The van der Waals surface area contributed by atoms with Crippen molar-refractivity contribution in [1.82, 2.24) is 0 Å². The molecule has 7 heteroatoms. The van der Waals surface area contributed by atoms with Crippen molar-refractivity contribution < 1.29 is 14.5 Å². The molecule has 1 aromatic rings. The van der Waals surface area contributed by atoms with E-state index in [-0.39, 0.29) is 21.4 Å². The predicted molar refractivity (Wildman–Crippen MR) is 56.5 cm³/mol. The number of nitro benzene ring substituents is 1. The number of nitrogens with zero attached hydrogens (tertiary/aromatic N) is 1. The molecule has 0 radical (unpaired) electrons. The fourth-order valence-electron chi connectivity index (χ4n) is 1.00. The lowest BCUT2D eigenvalue weighted by atomic mass is 10.1. The van der Waals surface area contributed by atoms with Crippen molar-refractivity contribution in [3.05, 3.63) is 32.3 Å². The Morgan fingerprint density at radius 2 is 2.20 bits per heavy atom. The Morgan fingerprint density at radius 1 is 1.60 bits per heavy atom. The zero-order valence-electron chi connectivity index (χ0n) is 7.69. The molecule has 1 aromatic carbocycles. The van der Waals surface area contributed by atoms with E-state index in [0.717, 1.165) is 6.07 Å². The van der Waals surface area contributed by atoms with Crippen molar-refractivity contribution in [1.29, 1.82) is 0 Å². The summed E-state index contributed by atoms with van der Waals surface area (Å²) in [6.07, 6.45) is 0. The van der Waals surface area contributed by atoms with E-state index in [1.165, 1.54) is 13.2 Å². The SMILES string of the molecule is COC(=O)c1cc([N+](=O)[O-])c(Br)cc1N. The van der Waals surface area contributed by atoms with Crippen LogP contribution in [0.15, 0.2) is 16.6 Å². The average Bonchev–Trinajstić information content (AvgIpc) is 2.16. The van der Waals surface area contributed by atoms with Crippen LogP contribution < -0.4 is 5.73 Å². The molecule has 6 nitrogen and oxygen atoms in total. The molecule has 0 aromatic heterocycles. The first-order valence-electron chi connectivity index (χ1n) is 3.79. The number of benzene rings is 1. The first-order valence-corrected chi connectivity index (χ1v) is 4.58. The first-order chi connectivity index (χ1) is 6.97. The van der Waals surface area contributed by atoms with Crippen LogP contribution in [-0.4, -0.2) is 18.0 Å². The Morgan fingerprint density at radius 3 is 2.67 bits per heavy atom. The van der Waals surface area contributed by atoms with Crippen molar-refractivity contribution in [2.45, 2.75) is 0 Å². The average molecular weight is 275 g/mol. The Bertz CT molecular complexity index is 433. The molecule has 0 atom stereocenters. The summed E-state index contributed by atoms with van der Waals surface area (Å²) >= 11 is 2.98. The van der Waals surface area contributed by atoms with Crippen LogP contribution in [0.25, 0.3) is 0 Å². The van der Waals surface area contributed by atoms with Gasteiger partial charge in [-0.15, -0.1) is 0 Å². The maximum absolute atomic E-state index is 11.2. The monoisotopic (exact) mass is 274 g/mol. The zero-order valence-corrected chi connectivity index (χ0v) is 9.28. The maximum Gasteiger partial charge on any atom is 0.340 e. The molecular formula is C8H7BrN2O4. The van der Waals surface area contributed by atoms with Crippen LogP contribution in [0.1, 0.15) is 10.4 Å². The summed E-state index contributed by atoms with van der Waals surface area (Å²) in [6.45, 7) is 0. The topological polar surface area (TPSA) is 95.5 Å².